The number of aliphatic hydroxyl groups excluding tert-OH is 1. The monoisotopic (exact) mass is 534 g/mol. The van der Waals surface area contributed by atoms with Gasteiger partial charge in [0.05, 0.1) is 11.6 Å². The number of hydrogen-bond acceptors (Lipinski definition) is 6. The number of halogens is 1. The van der Waals surface area contributed by atoms with Crippen LogP contribution in [0.1, 0.15) is 17.2 Å². The molecule has 0 radical (unpaired) electrons. The lowest BCUT2D eigenvalue weighted by Gasteiger charge is -2.26. The molecule has 0 aromatic heterocycles. The molecule has 0 aliphatic carbocycles. The van der Waals surface area contributed by atoms with Crippen molar-refractivity contribution >= 4 is 40.0 Å². The highest BCUT2D eigenvalue weighted by atomic mass is 127. The fourth-order valence-corrected chi connectivity index (χ4v) is 4.12. The van der Waals surface area contributed by atoms with E-state index >= 15 is 0 Å². The lowest BCUT2D eigenvalue weighted by Crippen LogP contribution is -2.35. The minimum absolute atomic E-state index is 0.0849. The van der Waals surface area contributed by atoms with Crippen molar-refractivity contribution in [2.75, 3.05) is 40.4 Å². The molecule has 1 fully saturated rings. The average molecular weight is 534 g/mol. The normalized spacial score (nSPS) is 19.9. The standard InChI is InChI=1S/C23H23IN2O5/c1-25(2)9-10-26-20(14-3-6-16(24)7-4-14)19(22(28)23(26)29)21(27)15-5-8-17-18(13-15)31-12-11-30-17/h3-8,13,20,27H,9-12H2,1-2H3. The number of nitrogens with zero attached hydrogens (tertiary/aromatic N) is 2. The molecule has 0 saturated carbocycles. The van der Waals surface area contributed by atoms with E-state index in [9.17, 15) is 14.7 Å². The summed E-state index contributed by atoms with van der Waals surface area (Å²) in [5.41, 5.74) is 1.27. The second kappa shape index (κ2) is 8.88. The van der Waals surface area contributed by atoms with E-state index in [2.05, 4.69) is 22.6 Å². The molecule has 1 amide bonds. The van der Waals surface area contributed by atoms with Gasteiger partial charge in [0.25, 0.3) is 11.7 Å². The molecule has 0 bridgehead atoms. The molecule has 0 spiro atoms. The molecule has 162 valence electrons. The van der Waals surface area contributed by atoms with E-state index in [1.165, 1.54) is 4.90 Å². The maximum Gasteiger partial charge on any atom is 0.295 e. The fourth-order valence-electron chi connectivity index (χ4n) is 3.76. The topological polar surface area (TPSA) is 79.3 Å². The molecule has 1 N–H and O–H groups in total. The molecule has 2 aromatic carbocycles. The van der Waals surface area contributed by atoms with Crippen LogP contribution in [0.4, 0.5) is 0 Å². The summed E-state index contributed by atoms with van der Waals surface area (Å²) in [6.07, 6.45) is 0. The van der Waals surface area contributed by atoms with Crippen molar-refractivity contribution in [1.82, 2.24) is 9.80 Å². The Bertz CT molecular complexity index is 1050. The zero-order valence-corrected chi connectivity index (χ0v) is 19.5. The number of carbonyl (C=O) groups excluding carboxylic acids is 2. The Morgan fingerprint density at radius 1 is 1.10 bits per heavy atom. The maximum atomic E-state index is 13.0. The van der Waals surface area contributed by atoms with E-state index in [1.54, 1.807) is 18.2 Å². The van der Waals surface area contributed by atoms with E-state index in [-0.39, 0.29) is 11.3 Å². The molecule has 1 atom stereocenters. The summed E-state index contributed by atoms with van der Waals surface area (Å²) >= 11 is 2.21. The number of ether oxygens (including phenoxy) is 2. The Morgan fingerprint density at radius 3 is 2.45 bits per heavy atom. The third-order valence-electron chi connectivity index (χ3n) is 5.33. The van der Waals surface area contributed by atoms with E-state index in [0.717, 1.165) is 9.13 Å². The summed E-state index contributed by atoms with van der Waals surface area (Å²) in [4.78, 5) is 29.4. The van der Waals surface area contributed by atoms with Crippen LogP contribution in [-0.4, -0.2) is 67.0 Å². The molecule has 2 aliphatic rings. The number of Topliss-reactive ketones (excluding diaryl/α,β-unsaturated/α-hetero) is 1. The van der Waals surface area contributed by atoms with Crippen LogP contribution in [-0.2, 0) is 9.59 Å². The Hall–Kier alpha value is -2.59. The first-order valence-electron chi connectivity index (χ1n) is 9.95. The first-order chi connectivity index (χ1) is 14.9. The zero-order valence-electron chi connectivity index (χ0n) is 17.3. The summed E-state index contributed by atoms with van der Waals surface area (Å²) in [6.45, 7) is 1.83. The highest BCUT2D eigenvalue weighted by Crippen LogP contribution is 2.41. The number of ketones is 1. The van der Waals surface area contributed by atoms with Gasteiger partial charge in [0.1, 0.15) is 19.0 Å². The van der Waals surface area contributed by atoms with Gasteiger partial charge in [-0.1, -0.05) is 12.1 Å². The van der Waals surface area contributed by atoms with Gasteiger partial charge in [-0.15, -0.1) is 0 Å². The Kier molecular flexibility index (Phi) is 6.19. The summed E-state index contributed by atoms with van der Waals surface area (Å²) in [7, 11) is 3.82. The van der Waals surface area contributed by atoms with Gasteiger partial charge >= 0.3 is 0 Å². The average Bonchev–Trinajstić information content (AvgIpc) is 3.02. The third-order valence-corrected chi connectivity index (χ3v) is 6.05. The molecule has 1 saturated heterocycles. The number of fused-ring (bicyclic) bond motifs is 1. The van der Waals surface area contributed by atoms with Crippen LogP contribution in [0.2, 0.25) is 0 Å². The van der Waals surface area contributed by atoms with Gasteiger partial charge in [-0.2, -0.15) is 0 Å². The molecule has 2 aromatic rings. The second-order valence-electron chi connectivity index (χ2n) is 7.71. The number of amides is 1. The van der Waals surface area contributed by atoms with Gasteiger partial charge in [-0.25, -0.2) is 0 Å². The van der Waals surface area contributed by atoms with Gasteiger partial charge < -0.3 is 24.4 Å². The van der Waals surface area contributed by atoms with Crippen LogP contribution >= 0.6 is 22.6 Å². The van der Waals surface area contributed by atoms with Crippen LogP contribution in [0.25, 0.3) is 5.76 Å². The van der Waals surface area contributed by atoms with Crippen molar-refractivity contribution in [2.45, 2.75) is 6.04 Å². The molecule has 1 unspecified atom stereocenters. The van der Waals surface area contributed by atoms with Crippen LogP contribution in [0.5, 0.6) is 11.5 Å². The lowest BCUT2D eigenvalue weighted by atomic mass is 9.95. The molecule has 2 heterocycles. The van der Waals surface area contributed by atoms with Gasteiger partial charge in [-0.05, 0) is 72.6 Å². The number of hydrogen-bond donors (Lipinski definition) is 1. The van der Waals surface area contributed by atoms with Crippen molar-refractivity contribution in [3.05, 3.63) is 62.7 Å². The van der Waals surface area contributed by atoms with Gasteiger partial charge in [-0.3, -0.25) is 9.59 Å². The number of aliphatic hydroxyl groups is 1. The first kappa shape index (κ1) is 21.6. The third kappa shape index (κ3) is 4.27. The number of likely N-dealkylation sites (N-methyl/N-ethyl adjacent to an activating group) is 1. The maximum absolute atomic E-state index is 13.0. The Labute approximate surface area is 194 Å². The minimum Gasteiger partial charge on any atom is -0.507 e. The van der Waals surface area contributed by atoms with Crippen molar-refractivity contribution in [1.29, 1.82) is 0 Å². The fraction of sp³-hybridized carbons (Fsp3) is 0.304. The molecule has 7 nitrogen and oxygen atoms in total. The van der Waals surface area contributed by atoms with Gasteiger partial charge in [0, 0.05) is 22.2 Å². The number of likely N-dealkylation sites (tertiary alicyclic amines) is 1. The minimum atomic E-state index is -0.685. The van der Waals surface area contributed by atoms with Crippen LogP contribution in [0, 0.1) is 3.57 Å². The summed E-state index contributed by atoms with van der Waals surface area (Å²) < 4.78 is 12.2. The predicted molar refractivity (Wildman–Crippen MR) is 124 cm³/mol. The number of carbonyl (C=O) groups is 2. The molecule has 31 heavy (non-hydrogen) atoms. The largest absolute Gasteiger partial charge is 0.507 e. The molecule has 4 rings (SSSR count). The predicted octanol–water partition coefficient (Wildman–Crippen LogP) is 3.05. The van der Waals surface area contributed by atoms with Crippen molar-refractivity contribution in [3.63, 3.8) is 0 Å². The highest BCUT2D eigenvalue weighted by molar-refractivity contribution is 14.1. The summed E-state index contributed by atoms with van der Waals surface area (Å²) in [5, 5.41) is 11.2. The second-order valence-corrected chi connectivity index (χ2v) is 8.95. The van der Waals surface area contributed by atoms with E-state index in [0.29, 0.717) is 43.4 Å². The highest BCUT2D eigenvalue weighted by Gasteiger charge is 2.45. The number of rotatable bonds is 5. The van der Waals surface area contributed by atoms with Crippen molar-refractivity contribution in [2.24, 2.45) is 0 Å². The van der Waals surface area contributed by atoms with E-state index in [1.807, 2.05) is 43.3 Å². The van der Waals surface area contributed by atoms with Crippen LogP contribution in [0.15, 0.2) is 48.0 Å². The Balaban J connectivity index is 1.81. The Morgan fingerprint density at radius 2 is 1.77 bits per heavy atom. The van der Waals surface area contributed by atoms with E-state index < -0.39 is 17.7 Å². The smallest absolute Gasteiger partial charge is 0.295 e. The van der Waals surface area contributed by atoms with E-state index in [4.69, 9.17) is 9.47 Å². The SMILES string of the molecule is CN(C)CCN1C(=O)C(=O)C(=C(O)c2ccc3c(c2)OCCO3)C1c1ccc(I)cc1. The quantitative estimate of drug-likeness (QED) is 0.275. The zero-order chi connectivity index (χ0) is 22.1. The van der Waals surface area contributed by atoms with Gasteiger partial charge in [0.15, 0.2) is 11.5 Å². The van der Waals surface area contributed by atoms with Gasteiger partial charge in [0.2, 0.25) is 0 Å². The molecule has 2 aliphatic heterocycles. The number of benzene rings is 2. The molecule has 8 heteroatoms. The van der Waals surface area contributed by atoms with Crippen LogP contribution in [0.3, 0.4) is 0 Å². The van der Waals surface area contributed by atoms with Crippen molar-refractivity contribution < 1.29 is 24.2 Å². The summed E-state index contributed by atoms with van der Waals surface area (Å²) in [5.74, 6) is -0.420. The van der Waals surface area contributed by atoms with Crippen LogP contribution < -0.4 is 9.47 Å². The van der Waals surface area contributed by atoms with Crippen molar-refractivity contribution in [3.8, 4) is 11.5 Å². The molecular formula is C23H23IN2O5. The first-order valence-corrected chi connectivity index (χ1v) is 11.0. The lowest BCUT2D eigenvalue weighted by molar-refractivity contribution is -0.140. The summed E-state index contributed by atoms with van der Waals surface area (Å²) in [6, 6.07) is 12.0. The molecular weight excluding hydrogens is 511 g/mol.